The van der Waals surface area contributed by atoms with Crippen LogP contribution in [-0.4, -0.2) is 24.2 Å². The van der Waals surface area contributed by atoms with Gasteiger partial charge in [0.25, 0.3) is 0 Å². The molecule has 2 aromatic rings. The maximum absolute atomic E-state index is 11.7. The van der Waals surface area contributed by atoms with Crippen molar-refractivity contribution in [2.75, 3.05) is 7.11 Å². The number of hydrogen-bond donors (Lipinski definition) is 1. The molecule has 0 bridgehead atoms. The predicted molar refractivity (Wildman–Crippen MR) is 83.3 cm³/mol. The average molecular weight is 298 g/mol. The van der Waals surface area contributed by atoms with Crippen LogP contribution in [0, 0.1) is 5.92 Å². The molecule has 4 heteroatoms. The zero-order valence-electron chi connectivity index (χ0n) is 12.4. The molecular formula is C18H18O4. The Morgan fingerprint density at radius 3 is 2.14 bits per heavy atom. The van der Waals surface area contributed by atoms with E-state index in [0.717, 1.165) is 16.7 Å². The number of benzene rings is 2. The molecule has 1 atom stereocenters. The molecule has 0 aliphatic heterocycles. The molecule has 2 rings (SSSR count). The Morgan fingerprint density at radius 1 is 1.00 bits per heavy atom. The molecule has 0 spiro atoms. The standard InChI is InChI=1S/C18H18O4/c1-22-18(21)16(12-17(19)20)11-13-7-9-15(10-8-13)14-5-3-2-4-6-14/h2-10,16H,11-12H2,1H3,(H,19,20). The van der Waals surface area contributed by atoms with Gasteiger partial charge >= 0.3 is 11.9 Å². The number of rotatable bonds is 6. The number of carbonyl (C=O) groups is 2. The molecule has 22 heavy (non-hydrogen) atoms. The van der Waals surface area contributed by atoms with Crippen LogP contribution in [0.25, 0.3) is 11.1 Å². The lowest BCUT2D eigenvalue weighted by Crippen LogP contribution is -2.22. The average Bonchev–Trinajstić information content (AvgIpc) is 2.54. The van der Waals surface area contributed by atoms with E-state index in [-0.39, 0.29) is 6.42 Å². The van der Waals surface area contributed by atoms with Crippen molar-refractivity contribution in [2.24, 2.45) is 5.92 Å². The zero-order chi connectivity index (χ0) is 15.9. The number of carboxylic acid groups (broad SMARTS) is 1. The molecule has 0 fully saturated rings. The van der Waals surface area contributed by atoms with Crippen LogP contribution in [0.1, 0.15) is 12.0 Å². The molecule has 1 N–H and O–H groups in total. The summed E-state index contributed by atoms with van der Waals surface area (Å²) >= 11 is 0. The van der Waals surface area contributed by atoms with Gasteiger partial charge in [-0.1, -0.05) is 54.6 Å². The highest BCUT2D eigenvalue weighted by molar-refractivity contribution is 5.79. The molecule has 0 saturated carbocycles. The van der Waals surface area contributed by atoms with Crippen LogP contribution in [0.3, 0.4) is 0 Å². The van der Waals surface area contributed by atoms with Crippen molar-refractivity contribution in [3.8, 4) is 11.1 Å². The van der Waals surface area contributed by atoms with E-state index >= 15 is 0 Å². The van der Waals surface area contributed by atoms with Gasteiger partial charge in [0.1, 0.15) is 0 Å². The Hall–Kier alpha value is -2.62. The Balaban J connectivity index is 2.12. The molecule has 0 radical (unpaired) electrons. The van der Waals surface area contributed by atoms with Crippen LogP contribution in [0.4, 0.5) is 0 Å². The fraction of sp³-hybridized carbons (Fsp3) is 0.222. The van der Waals surface area contributed by atoms with Crippen LogP contribution < -0.4 is 0 Å². The summed E-state index contributed by atoms with van der Waals surface area (Å²) in [7, 11) is 1.27. The van der Waals surface area contributed by atoms with E-state index in [1.54, 1.807) is 0 Å². The van der Waals surface area contributed by atoms with E-state index in [1.807, 2.05) is 54.6 Å². The fourth-order valence-electron chi connectivity index (χ4n) is 2.36. The number of hydrogen-bond acceptors (Lipinski definition) is 3. The smallest absolute Gasteiger partial charge is 0.309 e. The molecule has 0 amide bonds. The van der Waals surface area contributed by atoms with E-state index < -0.39 is 17.9 Å². The highest BCUT2D eigenvalue weighted by Gasteiger charge is 2.22. The van der Waals surface area contributed by atoms with E-state index in [4.69, 9.17) is 5.11 Å². The fourth-order valence-corrected chi connectivity index (χ4v) is 2.36. The molecule has 0 heterocycles. The third-order valence-corrected chi connectivity index (χ3v) is 3.50. The first kappa shape index (κ1) is 15.8. The summed E-state index contributed by atoms with van der Waals surface area (Å²) in [5.74, 6) is -2.16. The summed E-state index contributed by atoms with van der Waals surface area (Å²) in [4.78, 5) is 22.5. The topological polar surface area (TPSA) is 63.6 Å². The van der Waals surface area contributed by atoms with Crippen LogP contribution in [0.15, 0.2) is 54.6 Å². The number of aliphatic carboxylic acids is 1. The maximum Gasteiger partial charge on any atom is 0.309 e. The van der Waals surface area contributed by atoms with Crippen molar-refractivity contribution in [3.05, 3.63) is 60.2 Å². The molecule has 0 aromatic heterocycles. The second-order valence-electron chi connectivity index (χ2n) is 5.09. The van der Waals surface area contributed by atoms with Crippen LogP contribution in [-0.2, 0) is 20.7 Å². The van der Waals surface area contributed by atoms with Gasteiger partial charge in [-0.05, 0) is 23.1 Å². The molecular weight excluding hydrogens is 280 g/mol. The predicted octanol–water partition coefficient (Wildman–Crippen LogP) is 3.16. The first-order valence-electron chi connectivity index (χ1n) is 7.04. The second-order valence-corrected chi connectivity index (χ2v) is 5.09. The molecule has 1 unspecified atom stereocenters. The minimum atomic E-state index is -1.00. The van der Waals surface area contributed by atoms with Gasteiger partial charge in [-0.15, -0.1) is 0 Å². The summed E-state index contributed by atoms with van der Waals surface area (Å²) in [5, 5.41) is 8.89. The van der Waals surface area contributed by atoms with Gasteiger partial charge in [-0.25, -0.2) is 0 Å². The third-order valence-electron chi connectivity index (χ3n) is 3.50. The summed E-state index contributed by atoms with van der Waals surface area (Å²) in [6.45, 7) is 0. The summed E-state index contributed by atoms with van der Waals surface area (Å²) in [6.07, 6.45) is 0.126. The van der Waals surface area contributed by atoms with Crippen LogP contribution in [0.5, 0.6) is 0 Å². The molecule has 0 aliphatic carbocycles. The summed E-state index contributed by atoms with van der Waals surface area (Å²) in [6, 6.07) is 17.7. The van der Waals surface area contributed by atoms with Crippen molar-refractivity contribution in [2.45, 2.75) is 12.8 Å². The number of carboxylic acids is 1. The van der Waals surface area contributed by atoms with E-state index in [2.05, 4.69) is 4.74 Å². The summed E-state index contributed by atoms with van der Waals surface area (Å²) in [5.41, 5.74) is 3.11. The van der Waals surface area contributed by atoms with Gasteiger partial charge in [0.15, 0.2) is 0 Å². The van der Waals surface area contributed by atoms with E-state index in [9.17, 15) is 9.59 Å². The molecule has 4 nitrogen and oxygen atoms in total. The highest BCUT2D eigenvalue weighted by Crippen LogP contribution is 2.21. The van der Waals surface area contributed by atoms with Gasteiger partial charge in [-0.3, -0.25) is 9.59 Å². The first-order chi connectivity index (χ1) is 10.6. The Bertz CT molecular complexity index is 632. The first-order valence-corrected chi connectivity index (χ1v) is 7.04. The second kappa shape index (κ2) is 7.41. The lowest BCUT2D eigenvalue weighted by Gasteiger charge is -2.13. The number of esters is 1. The minimum absolute atomic E-state index is 0.229. The van der Waals surface area contributed by atoms with Crippen molar-refractivity contribution in [1.29, 1.82) is 0 Å². The van der Waals surface area contributed by atoms with Gasteiger partial charge in [0.05, 0.1) is 19.4 Å². The van der Waals surface area contributed by atoms with Gasteiger partial charge < -0.3 is 9.84 Å². The third kappa shape index (κ3) is 4.19. The molecule has 0 saturated heterocycles. The highest BCUT2D eigenvalue weighted by atomic mass is 16.5. The Labute approximate surface area is 129 Å². The normalized spacial score (nSPS) is 11.7. The molecule has 0 aliphatic rings. The summed E-state index contributed by atoms with van der Waals surface area (Å²) < 4.78 is 4.68. The van der Waals surface area contributed by atoms with Crippen LogP contribution >= 0.6 is 0 Å². The van der Waals surface area contributed by atoms with Gasteiger partial charge in [0.2, 0.25) is 0 Å². The number of carbonyl (C=O) groups excluding carboxylic acids is 1. The number of ether oxygens (including phenoxy) is 1. The van der Waals surface area contributed by atoms with Crippen molar-refractivity contribution < 1.29 is 19.4 Å². The minimum Gasteiger partial charge on any atom is -0.481 e. The van der Waals surface area contributed by atoms with Gasteiger partial charge in [-0.2, -0.15) is 0 Å². The van der Waals surface area contributed by atoms with Crippen molar-refractivity contribution >= 4 is 11.9 Å². The Morgan fingerprint density at radius 2 is 1.59 bits per heavy atom. The lowest BCUT2D eigenvalue weighted by atomic mass is 9.95. The quantitative estimate of drug-likeness (QED) is 0.832. The SMILES string of the molecule is COC(=O)C(CC(=O)O)Cc1ccc(-c2ccccc2)cc1. The van der Waals surface area contributed by atoms with Gasteiger partial charge in [0, 0.05) is 0 Å². The van der Waals surface area contributed by atoms with E-state index in [0.29, 0.717) is 6.42 Å². The monoisotopic (exact) mass is 298 g/mol. The zero-order valence-corrected chi connectivity index (χ0v) is 12.4. The molecule has 114 valence electrons. The molecule has 2 aromatic carbocycles. The van der Waals surface area contributed by atoms with Crippen LogP contribution in [0.2, 0.25) is 0 Å². The Kier molecular flexibility index (Phi) is 5.31. The maximum atomic E-state index is 11.7. The number of methoxy groups -OCH3 is 1. The van der Waals surface area contributed by atoms with E-state index in [1.165, 1.54) is 7.11 Å². The lowest BCUT2D eigenvalue weighted by molar-refractivity contribution is -0.150. The largest absolute Gasteiger partial charge is 0.481 e. The van der Waals surface area contributed by atoms with Crippen molar-refractivity contribution in [1.82, 2.24) is 0 Å². The van der Waals surface area contributed by atoms with Crippen molar-refractivity contribution in [3.63, 3.8) is 0 Å².